The van der Waals surface area contributed by atoms with Crippen molar-refractivity contribution in [1.82, 2.24) is 5.32 Å². The van der Waals surface area contributed by atoms with Crippen molar-refractivity contribution < 1.29 is 9.84 Å². The van der Waals surface area contributed by atoms with E-state index >= 15 is 0 Å². The molecule has 3 heteroatoms. The maximum atomic E-state index is 9.38. The number of hydrogen-bond acceptors (Lipinski definition) is 3. The summed E-state index contributed by atoms with van der Waals surface area (Å²) in [5.41, 5.74) is 0. The Balaban J connectivity index is 1.57. The second kappa shape index (κ2) is 8.93. The van der Waals surface area contributed by atoms with Crippen molar-refractivity contribution in [2.45, 2.75) is 76.4 Å². The van der Waals surface area contributed by atoms with Crippen LogP contribution in [0, 0.1) is 5.92 Å². The molecule has 0 unspecified atom stereocenters. The van der Waals surface area contributed by atoms with Gasteiger partial charge >= 0.3 is 0 Å². The number of aliphatic hydroxyl groups is 1. The van der Waals surface area contributed by atoms with E-state index in [1.807, 2.05) is 0 Å². The van der Waals surface area contributed by atoms with Gasteiger partial charge in [-0.15, -0.1) is 0 Å². The third kappa shape index (κ3) is 5.41. The van der Waals surface area contributed by atoms with Gasteiger partial charge in [-0.05, 0) is 31.6 Å². The summed E-state index contributed by atoms with van der Waals surface area (Å²) in [4.78, 5) is 0. The Kier molecular flexibility index (Phi) is 7.18. The Morgan fingerprint density at radius 1 is 0.895 bits per heavy atom. The predicted molar refractivity (Wildman–Crippen MR) is 78.3 cm³/mol. The molecule has 0 bridgehead atoms. The van der Waals surface area contributed by atoms with Crippen molar-refractivity contribution >= 4 is 0 Å². The average molecular weight is 269 g/mol. The minimum atomic E-state index is 0.334. The number of nitrogens with one attached hydrogen (secondary N) is 1. The highest BCUT2D eigenvalue weighted by atomic mass is 16.5. The second-order valence-corrected chi connectivity index (χ2v) is 6.27. The van der Waals surface area contributed by atoms with Gasteiger partial charge in [0.2, 0.25) is 0 Å². The highest BCUT2D eigenvalue weighted by Crippen LogP contribution is 2.24. The van der Waals surface area contributed by atoms with Gasteiger partial charge in [-0.3, -0.25) is 0 Å². The van der Waals surface area contributed by atoms with Crippen LogP contribution >= 0.6 is 0 Å². The molecule has 0 amide bonds. The smallest absolute Gasteiger partial charge is 0.0594 e. The van der Waals surface area contributed by atoms with Gasteiger partial charge in [0.05, 0.1) is 12.7 Å². The quantitative estimate of drug-likeness (QED) is 0.575. The molecule has 112 valence electrons. The fraction of sp³-hybridized carbons (Fsp3) is 1.00. The first-order valence-electron chi connectivity index (χ1n) is 8.36. The van der Waals surface area contributed by atoms with E-state index in [2.05, 4.69) is 5.32 Å². The summed E-state index contributed by atoms with van der Waals surface area (Å²) in [6.07, 6.45) is 13.4. The molecule has 0 saturated heterocycles. The van der Waals surface area contributed by atoms with E-state index in [9.17, 15) is 5.11 Å². The van der Waals surface area contributed by atoms with Gasteiger partial charge in [-0.1, -0.05) is 38.5 Å². The van der Waals surface area contributed by atoms with Crippen LogP contribution in [0.5, 0.6) is 0 Å². The maximum Gasteiger partial charge on any atom is 0.0594 e. The molecule has 2 aliphatic carbocycles. The fourth-order valence-corrected chi connectivity index (χ4v) is 3.57. The van der Waals surface area contributed by atoms with Crippen molar-refractivity contribution in [3.8, 4) is 0 Å². The Bertz CT molecular complexity index is 227. The molecule has 0 radical (unpaired) electrons. The van der Waals surface area contributed by atoms with Crippen LogP contribution in [0.2, 0.25) is 0 Å². The molecule has 0 aliphatic heterocycles. The van der Waals surface area contributed by atoms with Crippen LogP contribution in [0.3, 0.4) is 0 Å². The van der Waals surface area contributed by atoms with Gasteiger partial charge in [0, 0.05) is 19.2 Å². The molecule has 2 N–H and O–H groups in total. The zero-order chi connectivity index (χ0) is 13.3. The van der Waals surface area contributed by atoms with Gasteiger partial charge in [-0.25, -0.2) is 0 Å². The molecule has 0 heterocycles. The maximum absolute atomic E-state index is 9.38. The highest BCUT2D eigenvalue weighted by Gasteiger charge is 2.23. The molecular formula is C16H31NO2. The average Bonchev–Trinajstić information content (AvgIpc) is 2.72. The first-order chi connectivity index (χ1) is 9.40. The van der Waals surface area contributed by atoms with Crippen LogP contribution in [0.15, 0.2) is 0 Å². The highest BCUT2D eigenvalue weighted by molar-refractivity contribution is 4.80. The topological polar surface area (TPSA) is 41.5 Å². The van der Waals surface area contributed by atoms with Crippen molar-refractivity contribution in [3.63, 3.8) is 0 Å². The molecule has 2 atom stereocenters. The lowest BCUT2D eigenvalue weighted by Crippen LogP contribution is -2.41. The zero-order valence-electron chi connectivity index (χ0n) is 12.3. The molecule has 19 heavy (non-hydrogen) atoms. The van der Waals surface area contributed by atoms with Crippen LogP contribution in [-0.2, 0) is 4.74 Å². The predicted octanol–water partition coefficient (Wildman–Crippen LogP) is 2.87. The fourth-order valence-electron chi connectivity index (χ4n) is 3.57. The van der Waals surface area contributed by atoms with E-state index in [-0.39, 0.29) is 0 Å². The molecule has 0 aromatic carbocycles. The summed E-state index contributed by atoms with van der Waals surface area (Å²) in [5.74, 6) is 0.464. The van der Waals surface area contributed by atoms with Crippen LogP contribution in [0.25, 0.3) is 0 Å². The largest absolute Gasteiger partial charge is 0.396 e. The molecule has 0 aromatic rings. The van der Waals surface area contributed by atoms with E-state index in [0.717, 1.165) is 13.2 Å². The lowest BCUT2D eigenvalue weighted by atomic mass is 9.85. The van der Waals surface area contributed by atoms with Gasteiger partial charge in [0.15, 0.2) is 0 Å². The summed E-state index contributed by atoms with van der Waals surface area (Å²) < 4.78 is 6.00. The van der Waals surface area contributed by atoms with Crippen LogP contribution in [0.1, 0.15) is 64.2 Å². The number of ether oxygens (including phenoxy) is 1. The Morgan fingerprint density at radius 2 is 1.58 bits per heavy atom. The number of aliphatic hydroxyl groups excluding tert-OH is 1. The molecule has 0 aromatic heterocycles. The minimum absolute atomic E-state index is 0.334. The number of hydrogen-bond donors (Lipinski definition) is 2. The lowest BCUT2D eigenvalue weighted by molar-refractivity contribution is 0.0410. The van der Waals surface area contributed by atoms with Crippen molar-refractivity contribution in [3.05, 3.63) is 0 Å². The summed E-state index contributed by atoms with van der Waals surface area (Å²) in [6.45, 7) is 2.11. The molecule has 2 aliphatic rings. The molecular weight excluding hydrogens is 238 g/mol. The normalized spacial score (nSPS) is 30.2. The Hall–Kier alpha value is -0.120. The summed E-state index contributed by atoms with van der Waals surface area (Å²) >= 11 is 0. The van der Waals surface area contributed by atoms with Crippen molar-refractivity contribution in [1.29, 1.82) is 0 Å². The SMILES string of the molecule is OC[C@@H]1CCCC[C@H]1NCCOC1CCCCCC1. The van der Waals surface area contributed by atoms with E-state index in [1.165, 1.54) is 64.2 Å². The summed E-state index contributed by atoms with van der Waals surface area (Å²) in [6, 6.07) is 0.511. The minimum Gasteiger partial charge on any atom is -0.396 e. The summed E-state index contributed by atoms with van der Waals surface area (Å²) in [7, 11) is 0. The lowest BCUT2D eigenvalue weighted by Gasteiger charge is -2.31. The van der Waals surface area contributed by atoms with Crippen molar-refractivity contribution in [2.24, 2.45) is 5.92 Å². The molecule has 2 rings (SSSR count). The second-order valence-electron chi connectivity index (χ2n) is 6.27. The number of rotatable bonds is 6. The standard InChI is InChI=1S/C16H31NO2/c18-13-14-7-5-6-10-16(14)17-11-12-19-15-8-3-1-2-4-9-15/h14-18H,1-13H2/t14-,16+/m0/s1. The van der Waals surface area contributed by atoms with Gasteiger partial charge < -0.3 is 15.2 Å². The molecule has 3 nitrogen and oxygen atoms in total. The van der Waals surface area contributed by atoms with E-state index in [1.54, 1.807) is 0 Å². The van der Waals surface area contributed by atoms with Gasteiger partial charge in [0.25, 0.3) is 0 Å². The first-order valence-corrected chi connectivity index (χ1v) is 8.36. The summed E-state index contributed by atoms with van der Waals surface area (Å²) in [5, 5.41) is 13.0. The van der Waals surface area contributed by atoms with E-state index < -0.39 is 0 Å². The van der Waals surface area contributed by atoms with E-state index in [0.29, 0.717) is 24.7 Å². The van der Waals surface area contributed by atoms with Gasteiger partial charge in [-0.2, -0.15) is 0 Å². The van der Waals surface area contributed by atoms with Crippen LogP contribution in [-0.4, -0.2) is 37.0 Å². The van der Waals surface area contributed by atoms with E-state index in [4.69, 9.17) is 4.74 Å². The Labute approximate surface area is 118 Å². The molecule has 0 spiro atoms. The first kappa shape index (κ1) is 15.3. The third-order valence-electron chi connectivity index (χ3n) is 4.81. The van der Waals surface area contributed by atoms with Crippen LogP contribution < -0.4 is 5.32 Å². The molecule has 2 fully saturated rings. The molecule has 2 saturated carbocycles. The van der Waals surface area contributed by atoms with Gasteiger partial charge in [0.1, 0.15) is 0 Å². The monoisotopic (exact) mass is 269 g/mol. The zero-order valence-corrected chi connectivity index (χ0v) is 12.3. The Morgan fingerprint density at radius 3 is 2.32 bits per heavy atom. The van der Waals surface area contributed by atoms with Crippen molar-refractivity contribution in [2.75, 3.05) is 19.8 Å². The third-order valence-corrected chi connectivity index (χ3v) is 4.81. The van der Waals surface area contributed by atoms with Crippen LogP contribution in [0.4, 0.5) is 0 Å².